The molecule has 3 heteroatoms. The highest BCUT2D eigenvalue weighted by molar-refractivity contribution is 6.34. The number of hydrogen-bond acceptors (Lipinski definition) is 2. The van der Waals surface area contributed by atoms with E-state index < -0.39 is 0 Å². The van der Waals surface area contributed by atoms with Crippen LogP contribution in [0, 0.1) is 0 Å². The van der Waals surface area contributed by atoms with Crippen molar-refractivity contribution in [2.45, 2.75) is 0 Å². The molecule has 21 heavy (non-hydrogen) atoms. The lowest BCUT2D eigenvalue weighted by atomic mass is 10.1. The number of halogens is 1. The maximum Gasteiger partial charge on any atom is 0.201 e. The summed E-state index contributed by atoms with van der Waals surface area (Å²) in [6.07, 6.45) is 0. The van der Waals surface area contributed by atoms with Crippen LogP contribution in [0.1, 0.15) is 10.4 Å². The zero-order valence-electron chi connectivity index (χ0n) is 11.3. The average molecular weight is 297 g/mol. The third-order valence-corrected chi connectivity index (χ3v) is 3.59. The lowest BCUT2D eigenvalue weighted by Gasteiger charge is -2.07. The smallest absolute Gasteiger partial charge is 0.201 e. The van der Waals surface area contributed by atoms with Gasteiger partial charge in [-0.05, 0) is 35.0 Å². The number of Topliss-reactive ketones (excluding diaryl/α,β-unsaturated/α-hetero) is 1. The van der Waals surface area contributed by atoms with E-state index in [1.165, 1.54) is 0 Å². The number of ether oxygens (including phenoxy) is 1. The summed E-state index contributed by atoms with van der Waals surface area (Å²) in [6.45, 7) is -0.0257. The molecule has 0 heterocycles. The molecule has 0 aliphatic rings. The summed E-state index contributed by atoms with van der Waals surface area (Å²) in [7, 11) is 0. The minimum atomic E-state index is -0.131. The van der Waals surface area contributed by atoms with Crippen LogP contribution >= 0.6 is 11.6 Å². The van der Waals surface area contributed by atoms with E-state index in [9.17, 15) is 4.79 Å². The number of hydrogen-bond donors (Lipinski definition) is 0. The summed E-state index contributed by atoms with van der Waals surface area (Å²) in [5.41, 5.74) is 0.486. The predicted molar refractivity (Wildman–Crippen MR) is 85.2 cm³/mol. The van der Waals surface area contributed by atoms with Gasteiger partial charge in [0.15, 0.2) is 6.61 Å². The van der Waals surface area contributed by atoms with Gasteiger partial charge >= 0.3 is 0 Å². The van der Waals surface area contributed by atoms with E-state index in [1.54, 1.807) is 24.3 Å². The zero-order chi connectivity index (χ0) is 14.7. The van der Waals surface area contributed by atoms with Gasteiger partial charge < -0.3 is 4.74 Å². The maximum atomic E-state index is 12.1. The standard InChI is InChI=1S/C18H13ClO2/c19-17-8-4-3-7-16(17)18(20)12-21-15-10-9-13-5-1-2-6-14(13)11-15/h1-11H,12H2. The molecule has 0 spiro atoms. The highest BCUT2D eigenvalue weighted by atomic mass is 35.5. The van der Waals surface area contributed by atoms with Crippen LogP contribution in [-0.2, 0) is 0 Å². The second kappa shape index (κ2) is 5.98. The van der Waals surface area contributed by atoms with Gasteiger partial charge in [-0.3, -0.25) is 4.79 Å². The van der Waals surface area contributed by atoms with Gasteiger partial charge in [-0.25, -0.2) is 0 Å². The van der Waals surface area contributed by atoms with Crippen molar-refractivity contribution in [1.29, 1.82) is 0 Å². The fourth-order valence-electron chi connectivity index (χ4n) is 2.17. The summed E-state index contributed by atoms with van der Waals surface area (Å²) in [5.74, 6) is 0.544. The molecule has 2 nitrogen and oxygen atoms in total. The first-order valence-corrected chi connectivity index (χ1v) is 7.01. The van der Waals surface area contributed by atoms with Crippen molar-refractivity contribution in [2.75, 3.05) is 6.61 Å². The minimum absolute atomic E-state index is 0.0257. The molecule has 0 saturated carbocycles. The molecule has 3 aromatic carbocycles. The third-order valence-electron chi connectivity index (χ3n) is 3.27. The maximum absolute atomic E-state index is 12.1. The molecule has 0 aliphatic carbocycles. The average Bonchev–Trinajstić information content (AvgIpc) is 2.53. The lowest BCUT2D eigenvalue weighted by molar-refractivity contribution is 0.0922. The summed E-state index contributed by atoms with van der Waals surface area (Å²) in [6, 6.07) is 20.8. The normalized spacial score (nSPS) is 10.5. The van der Waals surface area contributed by atoms with Crippen LogP contribution in [0.2, 0.25) is 5.02 Å². The quantitative estimate of drug-likeness (QED) is 0.649. The number of benzene rings is 3. The number of carbonyl (C=O) groups excluding carboxylic acids is 1. The molecule has 0 saturated heterocycles. The van der Waals surface area contributed by atoms with Gasteiger partial charge in [-0.1, -0.05) is 54.1 Å². The van der Waals surface area contributed by atoms with Crippen LogP contribution in [0.25, 0.3) is 10.8 Å². The second-order valence-corrected chi connectivity index (χ2v) is 5.11. The van der Waals surface area contributed by atoms with Gasteiger partial charge in [0.1, 0.15) is 5.75 Å². The van der Waals surface area contributed by atoms with Crippen molar-refractivity contribution < 1.29 is 9.53 Å². The Morgan fingerprint density at radius 2 is 1.62 bits per heavy atom. The SMILES string of the molecule is O=C(COc1ccc2ccccc2c1)c1ccccc1Cl. The Balaban J connectivity index is 1.74. The topological polar surface area (TPSA) is 26.3 Å². The summed E-state index contributed by atoms with van der Waals surface area (Å²) in [4.78, 5) is 12.1. The van der Waals surface area contributed by atoms with E-state index in [2.05, 4.69) is 0 Å². The Labute approximate surface area is 127 Å². The Morgan fingerprint density at radius 1 is 0.905 bits per heavy atom. The molecule has 0 amide bonds. The van der Waals surface area contributed by atoms with Gasteiger partial charge in [0.2, 0.25) is 5.78 Å². The molecule has 0 radical (unpaired) electrons. The van der Waals surface area contributed by atoms with Crippen LogP contribution < -0.4 is 4.74 Å². The second-order valence-electron chi connectivity index (χ2n) is 4.70. The van der Waals surface area contributed by atoms with E-state index in [4.69, 9.17) is 16.3 Å². The first kappa shape index (κ1) is 13.7. The molecular weight excluding hydrogens is 284 g/mol. The molecule has 0 fully saturated rings. The molecule has 0 aromatic heterocycles. The Bertz CT molecular complexity index is 796. The lowest BCUT2D eigenvalue weighted by Crippen LogP contribution is -2.12. The van der Waals surface area contributed by atoms with Crippen LogP contribution in [0.3, 0.4) is 0 Å². The highest BCUT2D eigenvalue weighted by Crippen LogP contribution is 2.21. The monoisotopic (exact) mass is 296 g/mol. The van der Waals surface area contributed by atoms with Crippen molar-refractivity contribution in [2.24, 2.45) is 0 Å². The molecule has 0 atom stereocenters. The number of ketones is 1. The Hall–Kier alpha value is -2.32. The molecule has 3 aromatic rings. The first-order chi connectivity index (χ1) is 10.2. The largest absolute Gasteiger partial charge is 0.485 e. The zero-order valence-corrected chi connectivity index (χ0v) is 12.0. The van der Waals surface area contributed by atoms with Crippen LogP contribution in [0.15, 0.2) is 66.7 Å². The Kier molecular flexibility index (Phi) is 3.89. The van der Waals surface area contributed by atoms with Gasteiger partial charge in [0.25, 0.3) is 0 Å². The molecule has 3 rings (SSSR count). The van der Waals surface area contributed by atoms with Crippen molar-refractivity contribution in [3.8, 4) is 5.75 Å². The number of fused-ring (bicyclic) bond motifs is 1. The predicted octanol–water partition coefficient (Wildman–Crippen LogP) is 4.75. The van der Waals surface area contributed by atoms with Crippen molar-refractivity contribution in [3.05, 3.63) is 77.3 Å². The minimum Gasteiger partial charge on any atom is -0.485 e. The van der Waals surface area contributed by atoms with E-state index >= 15 is 0 Å². The van der Waals surface area contributed by atoms with Crippen LogP contribution in [0.4, 0.5) is 0 Å². The summed E-state index contributed by atoms with van der Waals surface area (Å²) < 4.78 is 5.58. The van der Waals surface area contributed by atoms with Gasteiger partial charge in [0.05, 0.1) is 5.02 Å². The van der Waals surface area contributed by atoms with Gasteiger partial charge in [-0.2, -0.15) is 0 Å². The molecule has 0 N–H and O–H groups in total. The molecule has 0 aliphatic heterocycles. The van der Waals surface area contributed by atoms with E-state index in [1.807, 2.05) is 42.5 Å². The van der Waals surface area contributed by atoms with Crippen molar-refractivity contribution in [3.63, 3.8) is 0 Å². The first-order valence-electron chi connectivity index (χ1n) is 6.63. The van der Waals surface area contributed by atoms with E-state index in [0.717, 1.165) is 10.8 Å². The molecule has 0 bridgehead atoms. The van der Waals surface area contributed by atoms with Gasteiger partial charge in [0, 0.05) is 5.56 Å². The third kappa shape index (κ3) is 3.06. The molecule has 0 unspecified atom stereocenters. The van der Waals surface area contributed by atoms with Gasteiger partial charge in [-0.15, -0.1) is 0 Å². The molecule has 104 valence electrons. The van der Waals surface area contributed by atoms with Crippen molar-refractivity contribution >= 4 is 28.2 Å². The van der Waals surface area contributed by atoms with Crippen molar-refractivity contribution in [1.82, 2.24) is 0 Å². The fraction of sp³-hybridized carbons (Fsp3) is 0.0556. The number of carbonyl (C=O) groups is 1. The molecular formula is C18H13ClO2. The number of rotatable bonds is 4. The Morgan fingerprint density at radius 3 is 2.43 bits per heavy atom. The summed E-state index contributed by atoms with van der Waals surface area (Å²) in [5, 5.41) is 2.67. The fourth-order valence-corrected chi connectivity index (χ4v) is 2.41. The van der Waals surface area contributed by atoms with E-state index in [0.29, 0.717) is 16.3 Å². The highest BCUT2D eigenvalue weighted by Gasteiger charge is 2.10. The van der Waals surface area contributed by atoms with Crippen LogP contribution in [-0.4, -0.2) is 12.4 Å². The van der Waals surface area contributed by atoms with E-state index in [-0.39, 0.29) is 12.4 Å². The summed E-state index contributed by atoms with van der Waals surface area (Å²) >= 11 is 6.00. The van der Waals surface area contributed by atoms with Crippen LogP contribution in [0.5, 0.6) is 5.75 Å².